The van der Waals surface area contributed by atoms with Crippen LogP contribution in [0, 0.1) is 0 Å². The van der Waals surface area contributed by atoms with Gasteiger partial charge in [-0.1, -0.05) is 0 Å². The van der Waals surface area contributed by atoms with Crippen LogP contribution in [0.1, 0.15) is 46.5 Å². The Hall–Kier alpha value is -2.50. The first-order chi connectivity index (χ1) is 12.4. The number of amides is 1. The predicted octanol–water partition coefficient (Wildman–Crippen LogP) is 4.12. The van der Waals surface area contributed by atoms with Gasteiger partial charge in [-0.2, -0.15) is 5.10 Å². The smallest absolute Gasteiger partial charge is 0.407 e. The summed E-state index contributed by atoms with van der Waals surface area (Å²) in [7, 11) is 0. The van der Waals surface area contributed by atoms with Gasteiger partial charge in [0.25, 0.3) is 0 Å². The van der Waals surface area contributed by atoms with Crippen molar-refractivity contribution in [2.75, 3.05) is 5.32 Å². The van der Waals surface area contributed by atoms with Gasteiger partial charge in [-0.3, -0.25) is 0 Å². The molecule has 1 aliphatic carbocycles. The summed E-state index contributed by atoms with van der Waals surface area (Å²) < 4.78 is 7.18. The Kier molecular flexibility index (Phi) is 5.49. The van der Waals surface area contributed by atoms with E-state index >= 15 is 0 Å². The van der Waals surface area contributed by atoms with Crippen LogP contribution in [-0.2, 0) is 4.74 Å². The van der Waals surface area contributed by atoms with Crippen molar-refractivity contribution in [3.63, 3.8) is 0 Å². The lowest BCUT2D eigenvalue weighted by Gasteiger charge is -2.31. The summed E-state index contributed by atoms with van der Waals surface area (Å²) in [6.07, 6.45) is 7.37. The summed E-state index contributed by atoms with van der Waals surface area (Å²) in [5, 5.41) is 10.8. The number of carbonyl (C=O) groups is 1. The number of nitrogens with zero attached hydrogens (tertiary/aromatic N) is 2. The van der Waals surface area contributed by atoms with Crippen LogP contribution in [0.25, 0.3) is 5.69 Å². The van der Waals surface area contributed by atoms with Crippen molar-refractivity contribution in [2.24, 2.45) is 0 Å². The van der Waals surface area contributed by atoms with Gasteiger partial charge in [0.05, 0.1) is 5.69 Å². The van der Waals surface area contributed by atoms with E-state index in [0.717, 1.165) is 37.1 Å². The van der Waals surface area contributed by atoms with E-state index in [0.29, 0.717) is 6.04 Å². The molecule has 1 aromatic carbocycles. The van der Waals surface area contributed by atoms with E-state index in [1.54, 1.807) is 6.20 Å². The quantitative estimate of drug-likeness (QED) is 0.865. The van der Waals surface area contributed by atoms with E-state index < -0.39 is 5.60 Å². The molecular formula is C20H28N4O2. The highest BCUT2D eigenvalue weighted by molar-refractivity contribution is 5.68. The lowest BCUT2D eigenvalue weighted by molar-refractivity contribution is 0.0492. The van der Waals surface area contributed by atoms with Gasteiger partial charge in [0.15, 0.2) is 0 Å². The van der Waals surface area contributed by atoms with Gasteiger partial charge in [-0.05, 0) is 76.8 Å². The van der Waals surface area contributed by atoms with Crippen molar-refractivity contribution in [1.29, 1.82) is 0 Å². The van der Waals surface area contributed by atoms with Crippen LogP contribution < -0.4 is 10.6 Å². The summed E-state index contributed by atoms with van der Waals surface area (Å²) in [4.78, 5) is 11.9. The van der Waals surface area contributed by atoms with E-state index in [9.17, 15) is 4.79 Å². The molecule has 140 valence electrons. The minimum atomic E-state index is -0.453. The number of carbonyl (C=O) groups excluding carboxylic acids is 1. The maximum atomic E-state index is 11.9. The summed E-state index contributed by atoms with van der Waals surface area (Å²) in [6.45, 7) is 5.64. The van der Waals surface area contributed by atoms with Crippen molar-refractivity contribution in [3.05, 3.63) is 42.7 Å². The molecule has 3 rings (SSSR count). The molecule has 1 aliphatic rings. The third-order valence-electron chi connectivity index (χ3n) is 4.46. The van der Waals surface area contributed by atoms with E-state index in [-0.39, 0.29) is 12.1 Å². The van der Waals surface area contributed by atoms with Crippen LogP contribution >= 0.6 is 0 Å². The highest BCUT2D eigenvalue weighted by Crippen LogP contribution is 2.23. The fraction of sp³-hybridized carbons (Fsp3) is 0.500. The van der Waals surface area contributed by atoms with E-state index in [1.165, 1.54) is 0 Å². The van der Waals surface area contributed by atoms with Crippen molar-refractivity contribution < 1.29 is 9.53 Å². The van der Waals surface area contributed by atoms with Crippen molar-refractivity contribution in [3.8, 4) is 5.69 Å². The number of hydrogen-bond acceptors (Lipinski definition) is 4. The van der Waals surface area contributed by atoms with Gasteiger partial charge in [0, 0.05) is 30.2 Å². The van der Waals surface area contributed by atoms with Crippen LogP contribution in [0.2, 0.25) is 0 Å². The first-order valence-corrected chi connectivity index (χ1v) is 9.25. The SMILES string of the molecule is CC(C)(C)OC(=O)NC1CCC(Nc2ccc(-n3cccn3)cc2)CC1. The number of aromatic nitrogens is 2. The fourth-order valence-electron chi connectivity index (χ4n) is 3.22. The van der Waals surface area contributed by atoms with Gasteiger partial charge < -0.3 is 15.4 Å². The average Bonchev–Trinajstić information content (AvgIpc) is 3.10. The Morgan fingerprint density at radius 3 is 2.35 bits per heavy atom. The number of alkyl carbamates (subject to hydrolysis) is 1. The Labute approximate surface area is 154 Å². The summed E-state index contributed by atoms with van der Waals surface area (Å²) in [6, 6.07) is 10.8. The number of rotatable bonds is 4. The Balaban J connectivity index is 1.44. The van der Waals surface area contributed by atoms with Crippen molar-refractivity contribution >= 4 is 11.8 Å². The van der Waals surface area contributed by atoms with E-state index in [2.05, 4.69) is 40.0 Å². The summed E-state index contributed by atoms with van der Waals surface area (Å²) >= 11 is 0. The van der Waals surface area contributed by atoms with Crippen molar-refractivity contribution in [1.82, 2.24) is 15.1 Å². The number of ether oxygens (including phenoxy) is 1. The Morgan fingerprint density at radius 2 is 1.77 bits per heavy atom. The average molecular weight is 356 g/mol. The molecular weight excluding hydrogens is 328 g/mol. The maximum absolute atomic E-state index is 11.9. The predicted molar refractivity (Wildman–Crippen MR) is 103 cm³/mol. The van der Waals surface area contributed by atoms with Crippen molar-refractivity contribution in [2.45, 2.75) is 64.1 Å². The van der Waals surface area contributed by atoms with E-state index in [1.807, 2.05) is 37.7 Å². The second kappa shape index (κ2) is 7.81. The second-order valence-corrected chi connectivity index (χ2v) is 7.84. The Morgan fingerprint density at radius 1 is 1.12 bits per heavy atom. The van der Waals surface area contributed by atoms with Crippen LogP contribution in [0.5, 0.6) is 0 Å². The molecule has 2 N–H and O–H groups in total. The third kappa shape index (κ3) is 5.25. The molecule has 0 bridgehead atoms. The van der Waals surface area contributed by atoms with Crippen LogP contribution in [-0.4, -0.2) is 33.6 Å². The fourth-order valence-corrected chi connectivity index (χ4v) is 3.22. The molecule has 1 amide bonds. The molecule has 1 aromatic heterocycles. The number of anilines is 1. The van der Waals surface area contributed by atoms with Crippen LogP contribution in [0.15, 0.2) is 42.7 Å². The summed E-state index contributed by atoms with van der Waals surface area (Å²) in [5.74, 6) is 0. The third-order valence-corrected chi connectivity index (χ3v) is 4.46. The Bertz CT molecular complexity index is 696. The van der Waals surface area contributed by atoms with Gasteiger partial charge in [0.2, 0.25) is 0 Å². The molecule has 1 fully saturated rings. The second-order valence-electron chi connectivity index (χ2n) is 7.84. The molecule has 0 spiro atoms. The van der Waals surface area contributed by atoms with Crippen LogP contribution in [0.4, 0.5) is 10.5 Å². The molecule has 6 heteroatoms. The lowest BCUT2D eigenvalue weighted by atomic mass is 9.91. The van der Waals surface area contributed by atoms with Gasteiger partial charge in [-0.15, -0.1) is 0 Å². The molecule has 0 saturated heterocycles. The zero-order chi connectivity index (χ0) is 18.6. The first kappa shape index (κ1) is 18.3. The number of benzene rings is 1. The topological polar surface area (TPSA) is 68.2 Å². The molecule has 1 heterocycles. The largest absolute Gasteiger partial charge is 0.444 e. The maximum Gasteiger partial charge on any atom is 0.407 e. The minimum absolute atomic E-state index is 0.199. The minimum Gasteiger partial charge on any atom is -0.444 e. The monoisotopic (exact) mass is 356 g/mol. The van der Waals surface area contributed by atoms with E-state index in [4.69, 9.17) is 4.74 Å². The molecule has 6 nitrogen and oxygen atoms in total. The molecule has 0 atom stereocenters. The molecule has 1 saturated carbocycles. The van der Waals surface area contributed by atoms with Crippen LogP contribution in [0.3, 0.4) is 0 Å². The molecule has 2 aromatic rings. The molecule has 0 aliphatic heterocycles. The summed E-state index contributed by atoms with van der Waals surface area (Å²) in [5.41, 5.74) is 1.71. The first-order valence-electron chi connectivity index (χ1n) is 9.25. The zero-order valence-corrected chi connectivity index (χ0v) is 15.7. The zero-order valence-electron chi connectivity index (χ0n) is 15.7. The van der Waals surface area contributed by atoms with Gasteiger partial charge in [0.1, 0.15) is 5.60 Å². The molecule has 0 unspecified atom stereocenters. The number of nitrogens with one attached hydrogen (secondary N) is 2. The highest BCUT2D eigenvalue weighted by atomic mass is 16.6. The van der Waals surface area contributed by atoms with Gasteiger partial charge in [-0.25, -0.2) is 9.48 Å². The lowest BCUT2D eigenvalue weighted by Crippen LogP contribution is -2.42. The number of hydrogen-bond donors (Lipinski definition) is 2. The molecule has 0 radical (unpaired) electrons. The highest BCUT2D eigenvalue weighted by Gasteiger charge is 2.24. The molecule has 26 heavy (non-hydrogen) atoms. The standard InChI is InChI=1S/C20H28N4O2/c1-20(2,3)26-19(25)23-17-7-5-15(6-8-17)22-16-9-11-18(12-10-16)24-14-4-13-21-24/h4,9-15,17,22H,5-8H2,1-3H3,(H,23,25). The normalized spacial score (nSPS) is 20.4. The van der Waals surface area contributed by atoms with Gasteiger partial charge >= 0.3 is 6.09 Å².